The van der Waals surface area contributed by atoms with E-state index in [4.69, 9.17) is 0 Å². The first-order valence-corrected chi connectivity index (χ1v) is 11.7. The Bertz CT molecular complexity index is 1220. The van der Waals surface area contributed by atoms with Crippen molar-refractivity contribution in [3.05, 3.63) is 94.6 Å². The van der Waals surface area contributed by atoms with Crippen LogP contribution in [0.4, 0.5) is 0 Å². The summed E-state index contributed by atoms with van der Waals surface area (Å²) in [5.74, 6) is -0.963. The van der Waals surface area contributed by atoms with Crippen LogP contribution in [-0.4, -0.2) is 37.8 Å². The molecule has 34 heavy (non-hydrogen) atoms. The summed E-state index contributed by atoms with van der Waals surface area (Å²) in [7, 11) is 0. The Hall–Kier alpha value is -3.67. The van der Waals surface area contributed by atoms with Gasteiger partial charge >= 0.3 is 0 Å². The molecule has 1 aromatic heterocycles. The highest BCUT2D eigenvalue weighted by Crippen LogP contribution is 2.40. The maximum absolute atomic E-state index is 13.3. The van der Waals surface area contributed by atoms with Gasteiger partial charge in [0, 0.05) is 31.0 Å². The average molecular weight is 458 g/mol. The molecule has 0 spiro atoms. The first kappa shape index (κ1) is 23.5. The second-order valence-corrected chi connectivity index (χ2v) is 9.29. The second-order valence-electron chi connectivity index (χ2n) is 9.29. The van der Waals surface area contributed by atoms with Gasteiger partial charge in [-0.3, -0.25) is 9.59 Å². The molecule has 1 amide bonds. The predicted molar refractivity (Wildman–Crippen MR) is 132 cm³/mol. The Labute approximate surface area is 200 Å². The van der Waals surface area contributed by atoms with Crippen molar-refractivity contribution >= 4 is 17.4 Å². The Balaban J connectivity index is 1.77. The number of aromatic nitrogens is 2. The molecular formula is C28H31N3O3. The van der Waals surface area contributed by atoms with Gasteiger partial charge < -0.3 is 14.6 Å². The number of nitrogens with zero attached hydrogens (tertiary/aromatic N) is 3. The highest BCUT2D eigenvalue weighted by atomic mass is 16.3. The molecule has 1 fully saturated rings. The Morgan fingerprint density at radius 3 is 2.44 bits per heavy atom. The van der Waals surface area contributed by atoms with Gasteiger partial charge in [-0.2, -0.15) is 0 Å². The van der Waals surface area contributed by atoms with Crippen LogP contribution in [0.15, 0.2) is 66.8 Å². The van der Waals surface area contributed by atoms with Crippen molar-refractivity contribution in [1.29, 1.82) is 0 Å². The molecule has 0 radical (unpaired) electrons. The van der Waals surface area contributed by atoms with Crippen molar-refractivity contribution in [3.63, 3.8) is 0 Å². The van der Waals surface area contributed by atoms with E-state index in [2.05, 4.69) is 18.8 Å². The SMILES string of the molecule is Cc1ccc(C)c(C(O)=C2C(=O)C(=O)N(CCCn3ccnc3)C2c2ccc(C(C)C)cc2)c1. The van der Waals surface area contributed by atoms with E-state index in [0.29, 0.717) is 31.0 Å². The zero-order chi connectivity index (χ0) is 24.4. The number of aliphatic hydroxyl groups excluding tert-OH is 1. The standard InChI is InChI=1S/C28H31N3O3/c1-18(2)21-8-10-22(11-9-21)25-24(26(32)23-16-19(3)6-7-20(23)4)27(33)28(34)31(25)14-5-13-30-15-12-29-17-30/h6-12,15-18,25,32H,5,13-14H2,1-4H3. The van der Waals surface area contributed by atoms with E-state index in [9.17, 15) is 14.7 Å². The number of hydrogen-bond donors (Lipinski definition) is 1. The Kier molecular flexibility index (Phi) is 6.68. The number of aryl methyl sites for hydroxylation is 3. The maximum Gasteiger partial charge on any atom is 0.295 e. The number of likely N-dealkylation sites (tertiary alicyclic amines) is 1. The summed E-state index contributed by atoms with van der Waals surface area (Å²) in [6.45, 7) is 9.15. The van der Waals surface area contributed by atoms with E-state index < -0.39 is 17.7 Å². The van der Waals surface area contributed by atoms with Crippen LogP contribution in [0.2, 0.25) is 0 Å². The topological polar surface area (TPSA) is 75.4 Å². The molecule has 1 saturated heterocycles. The van der Waals surface area contributed by atoms with Crippen molar-refractivity contribution in [2.45, 2.75) is 52.6 Å². The highest BCUT2D eigenvalue weighted by molar-refractivity contribution is 6.46. The van der Waals surface area contributed by atoms with E-state index >= 15 is 0 Å². The van der Waals surface area contributed by atoms with Gasteiger partial charge in [0.2, 0.25) is 0 Å². The van der Waals surface area contributed by atoms with Crippen LogP contribution in [-0.2, 0) is 16.1 Å². The summed E-state index contributed by atoms with van der Waals surface area (Å²) < 4.78 is 1.94. The summed E-state index contributed by atoms with van der Waals surface area (Å²) >= 11 is 0. The van der Waals surface area contributed by atoms with E-state index in [-0.39, 0.29) is 11.3 Å². The minimum Gasteiger partial charge on any atom is -0.507 e. The maximum atomic E-state index is 13.3. The van der Waals surface area contributed by atoms with Gasteiger partial charge in [-0.05, 0) is 48.9 Å². The largest absolute Gasteiger partial charge is 0.507 e. The van der Waals surface area contributed by atoms with Gasteiger partial charge in [-0.15, -0.1) is 0 Å². The van der Waals surface area contributed by atoms with Crippen molar-refractivity contribution in [2.75, 3.05) is 6.54 Å². The molecule has 0 aliphatic carbocycles. The fourth-order valence-electron chi connectivity index (χ4n) is 4.50. The average Bonchev–Trinajstić information content (AvgIpc) is 3.42. The van der Waals surface area contributed by atoms with E-state index in [1.165, 1.54) is 5.56 Å². The summed E-state index contributed by atoms with van der Waals surface area (Å²) in [5, 5.41) is 11.3. The monoisotopic (exact) mass is 457 g/mol. The third-order valence-corrected chi connectivity index (χ3v) is 6.48. The van der Waals surface area contributed by atoms with Crippen molar-refractivity contribution in [3.8, 4) is 0 Å². The lowest BCUT2D eigenvalue weighted by Gasteiger charge is -2.26. The molecule has 3 aromatic rings. The summed E-state index contributed by atoms with van der Waals surface area (Å²) in [6, 6.07) is 13.1. The first-order valence-electron chi connectivity index (χ1n) is 11.7. The summed E-state index contributed by atoms with van der Waals surface area (Å²) in [6.07, 6.45) is 5.98. The molecule has 2 aromatic carbocycles. The molecule has 1 aliphatic heterocycles. The van der Waals surface area contributed by atoms with Crippen molar-refractivity contribution in [2.24, 2.45) is 0 Å². The lowest BCUT2D eigenvalue weighted by molar-refractivity contribution is -0.139. The fourth-order valence-corrected chi connectivity index (χ4v) is 4.50. The molecule has 1 atom stereocenters. The second kappa shape index (κ2) is 9.67. The fraction of sp³-hybridized carbons (Fsp3) is 0.321. The van der Waals surface area contributed by atoms with E-state index in [1.54, 1.807) is 17.4 Å². The smallest absolute Gasteiger partial charge is 0.295 e. The molecular weight excluding hydrogens is 426 g/mol. The molecule has 176 valence electrons. The number of aliphatic hydroxyl groups is 1. The van der Waals surface area contributed by atoms with Crippen LogP contribution in [0.5, 0.6) is 0 Å². The van der Waals surface area contributed by atoms with Gasteiger partial charge in [-0.1, -0.05) is 55.8 Å². The van der Waals surface area contributed by atoms with Gasteiger partial charge in [0.15, 0.2) is 0 Å². The molecule has 1 aliphatic rings. The molecule has 6 nitrogen and oxygen atoms in total. The number of imidazole rings is 1. The number of ketones is 1. The third kappa shape index (κ3) is 4.53. The lowest BCUT2D eigenvalue weighted by Crippen LogP contribution is -2.31. The third-order valence-electron chi connectivity index (χ3n) is 6.48. The molecule has 1 unspecified atom stereocenters. The first-order chi connectivity index (χ1) is 16.3. The van der Waals surface area contributed by atoms with Crippen molar-refractivity contribution < 1.29 is 14.7 Å². The molecule has 6 heteroatoms. The van der Waals surface area contributed by atoms with Crippen LogP contribution in [0.1, 0.15) is 60.0 Å². The van der Waals surface area contributed by atoms with E-state index in [1.807, 2.05) is 67.1 Å². The molecule has 1 N–H and O–H groups in total. The normalized spacial score (nSPS) is 17.7. The van der Waals surface area contributed by atoms with Gasteiger partial charge in [0.1, 0.15) is 5.76 Å². The Morgan fingerprint density at radius 1 is 1.06 bits per heavy atom. The van der Waals surface area contributed by atoms with Crippen LogP contribution in [0.25, 0.3) is 5.76 Å². The van der Waals surface area contributed by atoms with Crippen LogP contribution in [0.3, 0.4) is 0 Å². The minimum atomic E-state index is -0.640. The number of Topliss-reactive ketones (excluding diaryl/α,β-unsaturated/α-hetero) is 1. The summed E-state index contributed by atoms with van der Waals surface area (Å²) in [5.41, 5.74) is 4.55. The van der Waals surface area contributed by atoms with Gasteiger partial charge in [-0.25, -0.2) is 4.98 Å². The van der Waals surface area contributed by atoms with Gasteiger partial charge in [0.05, 0.1) is 17.9 Å². The van der Waals surface area contributed by atoms with E-state index in [0.717, 1.165) is 16.7 Å². The van der Waals surface area contributed by atoms with Crippen LogP contribution in [0, 0.1) is 13.8 Å². The molecule has 0 bridgehead atoms. The predicted octanol–water partition coefficient (Wildman–Crippen LogP) is 5.14. The quantitative estimate of drug-likeness (QED) is 0.303. The number of carbonyl (C=O) groups excluding carboxylic acids is 2. The molecule has 4 rings (SSSR count). The summed E-state index contributed by atoms with van der Waals surface area (Å²) in [4.78, 5) is 32.1. The lowest BCUT2D eigenvalue weighted by atomic mass is 9.92. The molecule has 0 saturated carbocycles. The van der Waals surface area contributed by atoms with Crippen LogP contribution >= 0.6 is 0 Å². The Morgan fingerprint density at radius 2 is 1.79 bits per heavy atom. The molecule has 2 heterocycles. The number of hydrogen-bond acceptors (Lipinski definition) is 4. The number of carbonyl (C=O) groups is 2. The highest BCUT2D eigenvalue weighted by Gasteiger charge is 2.45. The number of rotatable bonds is 7. The zero-order valence-electron chi connectivity index (χ0n) is 20.2. The zero-order valence-corrected chi connectivity index (χ0v) is 20.2. The minimum absolute atomic E-state index is 0.116. The van der Waals surface area contributed by atoms with Crippen LogP contribution < -0.4 is 0 Å². The number of amides is 1. The van der Waals surface area contributed by atoms with Gasteiger partial charge in [0.25, 0.3) is 11.7 Å². The van der Waals surface area contributed by atoms with Crippen molar-refractivity contribution in [1.82, 2.24) is 14.5 Å². The number of benzene rings is 2.